The van der Waals surface area contributed by atoms with Gasteiger partial charge in [0.15, 0.2) is 22.3 Å². The number of ether oxygens (including phenoxy) is 1. The predicted molar refractivity (Wildman–Crippen MR) is 92.8 cm³/mol. The summed E-state index contributed by atoms with van der Waals surface area (Å²) < 4.78 is 32.5. The van der Waals surface area contributed by atoms with Gasteiger partial charge in [-0.2, -0.15) is 0 Å². The van der Waals surface area contributed by atoms with Crippen molar-refractivity contribution in [3.05, 3.63) is 40.4 Å². The van der Waals surface area contributed by atoms with Gasteiger partial charge in [-0.25, -0.2) is 13.8 Å². The highest BCUT2D eigenvalue weighted by atomic mass is 35.5. The maximum absolute atomic E-state index is 13.7. The quantitative estimate of drug-likeness (QED) is 0.771. The van der Waals surface area contributed by atoms with E-state index in [0.29, 0.717) is 15.5 Å². The average molecular weight is 377 g/mol. The van der Waals surface area contributed by atoms with Crippen LogP contribution in [0.25, 0.3) is 0 Å². The standard InChI is InChI=1S/C14H13ClF2N2O2S.C2H6/c1-3-14(2,12(20)19-13-18-7-11(15)22-13)21-10-5-4-8(16)6-9(10)17;1-2/h4-7H,3H2,1-2H3,(H,18,19,20);1-2H3. The van der Waals surface area contributed by atoms with Crippen molar-refractivity contribution in [1.82, 2.24) is 4.98 Å². The second kappa shape index (κ2) is 8.94. The molecule has 1 heterocycles. The number of rotatable bonds is 5. The third-order valence-corrected chi connectivity index (χ3v) is 4.11. The maximum Gasteiger partial charge on any atom is 0.270 e. The smallest absolute Gasteiger partial charge is 0.270 e. The van der Waals surface area contributed by atoms with E-state index in [0.717, 1.165) is 23.5 Å². The SMILES string of the molecule is CC.CCC(C)(Oc1ccc(F)cc1F)C(=O)Nc1ncc(Cl)s1. The van der Waals surface area contributed by atoms with Crippen LogP contribution in [0.15, 0.2) is 24.4 Å². The number of hydrogen-bond acceptors (Lipinski definition) is 4. The Morgan fingerprint density at radius 2 is 2.08 bits per heavy atom. The third kappa shape index (κ3) is 5.14. The summed E-state index contributed by atoms with van der Waals surface area (Å²) in [5.41, 5.74) is -1.34. The molecule has 4 nitrogen and oxygen atoms in total. The van der Waals surface area contributed by atoms with Crippen LogP contribution in [0.1, 0.15) is 34.1 Å². The molecule has 2 aromatic rings. The molecule has 1 unspecified atom stereocenters. The minimum atomic E-state index is -1.34. The van der Waals surface area contributed by atoms with Crippen LogP contribution < -0.4 is 10.1 Å². The molecule has 1 atom stereocenters. The van der Waals surface area contributed by atoms with E-state index in [1.165, 1.54) is 13.1 Å². The summed E-state index contributed by atoms with van der Waals surface area (Å²) in [4.78, 5) is 16.3. The molecule has 0 aliphatic carbocycles. The van der Waals surface area contributed by atoms with Gasteiger partial charge in [-0.3, -0.25) is 10.1 Å². The summed E-state index contributed by atoms with van der Waals surface area (Å²) in [6.45, 7) is 7.23. The Balaban J connectivity index is 0.00000139. The van der Waals surface area contributed by atoms with Crippen LogP contribution in [-0.2, 0) is 4.79 Å². The molecule has 8 heteroatoms. The summed E-state index contributed by atoms with van der Waals surface area (Å²) in [7, 11) is 0. The topological polar surface area (TPSA) is 51.2 Å². The summed E-state index contributed by atoms with van der Waals surface area (Å²) in [6.07, 6.45) is 1.68. The fourth-order valence-electron chi connectivity index (χ4n) is 1.62. The van der Waals surface area contributed by atoms with Gasteiger partial charge in [0.1, 0.15) is 10.2 Å². The van der Waals surface area contributed by atoms with Crippen LogP contribution in [0, 0.1) is 11.6 Å². The molecule has 1 amide bonds. The lowest BCUT2D eigenvalue weighted by molar-refractivity contribution is -0.130. The average Bonchev–Trinajstić information content (AvgIpc) is 2.97. The Morgan fingerprint density at radius 3 is 2.58 bits per heavy atom. The highest BCUT2D eigenvalue weighted by Gasteiger charge is 2.35. The highest BCUT2D eigenvalue weighted by molar-refractivity contribution is 7.19. The van der Waals surface area contributed by atoms with E-state index < -0.39 is 23.1 Å². The molecule has 24 heavy (non-hydrogen) atoms. The first-order chi connectivity index (χ1) is 11.3. The summed E-state index contributed by atoms with van der Waals surface area (Å²) in [5.74, 6) is -2.28. The van der Waals surface area contributed by atoms with Gasteiger partial charge in [0.25, 0.3) is 5.91 Å². The molecule has 0 aliphatic heterocycles. The number of nitrogens with one attached hydrogen (secondary N) is 1. The molecule has 2 rings (SSSR count). The summed E-state index contributed by atoms with van der Waals surface area (Å²) in [6, 6.07) is 2.91. The van der Waals surface area contributed by atoms with E-state index in [1.54, 1.807) is 6.92 Å². The number of carbonyl (C=O) groups is 1. The predicted octanol–water partition coefficient (Wildman–Crippen LogP) is 5.29. The lowest BCUT2D eigenvalue weighted by Crippen LogP contribution is -2.45. The van der Waals surface area contributed by atoms with Crippen LogP contribution in [0.3, 0.4) is 0 Å². The van der Waals surface area contributed by atoms with E-state index in [4.69, 9.17) is 16.3 Å². The lowest BCUT2D eigenvalue weighted by Gasteiger charge is -2.28. The van der Waals surface area contributed by atoms with Crippen LogP contribution in [-0.4, -0.2) is 16.5 Å². The van der Waals surface area contributed by atoms with Crippen molar-refractivity contribution in [2.75, 3.05) is 5.32 Å². The minimum Gasteiger partial charge on any atom is -0.475 e. The fourth-order valence-corrected chi connectivity index (χ4v) is 2.43. The lowest BCUT2D eigenvalue weighted by atomic mass is 10.0. The molecule has 0 radical (unpaired) electrons. The molecule has 0 fully saturated rings. The van der Waals surface area contributed by atoms with Crippen molar-refractivity contribution in [3.63, 3.8) is 0 Å². The zero-order chi connectivity index (χ0) is 18.3. The molecule has 132 valence electrons. The number of carbonyl (C=O) groups excluding carboxylic acids is 1. The van der Waals surface area contributed by atoms with Gasteiger partial charge in [-0.15, -0.1) is 0 Å². The second-order valence-electron chi connectivity index (χ2n) is 4.68. The number of benzene rings is 1. The van der Waals surface area contributed by atoms with Gasteiger partial charge in [0.05, 0.1) is 6.20 Å². The van der Waals surface area contributed by atoms with Gasteiger partial charge in [0, 0.05) is 6.07 Å². The van der Waals surface area contributed by atoms with Gasteiger partial charge >= 0.3 is 0 Å². The van der Waals surface area contributed by atoms with Crippen molar-refractivity contribution in [3.8, 4) is 5.75 Å². The number of amides is 1. The van der Waals surface area contributed by atoms with Crippen molar-refractivity contribution < 1.29 is 18.3 Å². The van der Waals surface area contributed by atoms with Crippen molar-refractivity contribution in [1.29, 1.82) is 0 Å². The van der Waals surface area contributed by atoms with Crippen LogP contribution in [0.2, 0.25) is 4.34 Å². The first kappa shape index (κ1) is 20.3. The number of hydrogen-bond donors (Lipinski definition) is 1. The number of nitrogens with zero attached hydrogens (tertiary/aromatic N) is 1. The van der Waals surface area contributed by atoms with Crippen LogP contribution >= 0.6 is 22.9 Å². The van der Waals surface area contributed by atoms with E-state index in [-0.39, 0.29) is 12.2 Å². The Morgan fingerprint density at radius 1 is 1.42 bits per heavy atom. The highest BCUT2D eigenvalue weighted by Crippen LogP contribution is 2.28. The van der Waals surface area contributed by atoms with Crippen LogP contribution in [0.4, 0.5) is 13.9 Å². The molecular formula is C16H19ClF2N2O2S. The Labute approximate surface area is 148 Å². The number of anilines is 1. The van der Waals surface area contributed by atoms with Crippen molar-refractivity contribution in [2.45, 2.75) is 39.7 Å². The van der Waals surface area contributed by atoms with E-state index in [2.05, 4.69) is 10.3 Å². The Hall–Kier alpha value is -1.73. The van der Waals surface area contributed by atoms with Gasteiger partial charge in [0.2, 0.25) is 0 Å². The molecule has 0 saturated heterocycles. The third-order valence-electron chi connectivity index (χ3n) is 3.08. The molecule has 0 saturated carbocycles. The second-order valence-corrected chi connectivity index (χ2v) is 6.35. The molecule has 1 aromatic carbocycles. The zero-order valence-electron chi connectivity index (χ0n) is 13.8. The zero-order valence-corrected chi connectivity index (χ0v) is 15.4. The molecule has 0 bridgehead atoms. The molecular weight excluding hydrogens is 358 g/mol. The monoisotopic (exact) mass is 376 g/mol. The molecule has 0 aliphatic rings. The Bertz CT molecular complexity index is 696. The summed E-state index contributed by atoms with van der Waals surface area (Å²) in [5, 5.41) is 2.89. The molecule has 1 N–H and O–H groups in total. The van der Waals surface area contributed by atoms with Gasteiger partial charge in [-0.1, -0.05) is 43.7 Å². The van der Waals surface area contributed by atoms with Crippen LogP contribution in [0.5, 0.6) is 5.75 Å². The normalized spacial score (nSPS) is 12.6. The largest absolute Gasteiger partial charge is 0.475 e. The minimum absolute atomic E-state index is 0.196. The Kier molecular flexibility index (Phi) is 7.57. The number of halogens is 3. The van der Waals surface area contributed by atoms with Crippen molar-refractivity contribution >= 4 is 34.0 Å². The number of aromatic nitrogens is 1. The van der Waals surface area contributed by atoms with E-state index in [9.17, 15) is 13.6 Å². The van der Waals surface area contributed by atoms with Crippen molar-refractivity contribution in [2.24, 2.45) is 0 Å². The first-order valence-corrected chi connectivity index (χ1v) is 8.60. The van der Waals surface area contributed by atoms with E-state index >= 15 is 0 Å². The number of thiazole rings is 1. The summed E-state index contributed by atoms with van der Waals surface area (Å²) >= 11 is 6.84. The maximum atomic E-state index is 13.7. The van der Waals surface area contributed by atoms with Gasteiger partial charge < -0.3 is 4.74 Å². The fraction of sp³-hybridized carbons (Fsp3) is 0.375. The molecule has 0 spiro atoms. The van der Waals surface area contributed by atoms with E-state index in [1.807, 2.05) is 13.8 Å². The van der Waals surface area contributed by atoms with Gasteiger partial charge in [-0.05, 0) is 25.5 Å². The molecule has 1 aromatic heterocycles. The first-order valence-electron chi connectivity index (χ1n) is 7.41.